The predicted molar refractivity (Wildman–Crippen MR) is 76.4 cm³/mol. The molecule has 110 valence electrons. The lowest BCUT2D eigenvalue weighted by Gasteiger charge is -2.32. The highest BCUT2D eigenvalue weighted by molar-refractivity contribution is 5.94. The minimum atomic E-state index is -0.258. The molecule has 0 unspecified atom stereocenters. The van der Waals surface area contributed by atoms with Crippen molar-refractivity contribution in [2.75, 3.05) is 6.61 Å². The molecule has 2 heterocycles. The Kier molecular flexibility index (Phi) is 4.01. The van der Waals surface area contributed by atoms with Crippen LogP contribution in [-0.2, 0) is 14.3 Å². The molecule has 1 amide bonds. The van der Waals surface area contributed by atoms with Crippen molar-refractivity contribution in [2.24, 2.45) is 0 Å². The summed E-state index contributed by atoms with van der Waals surface area (Å²) in [5.41, 5.74) is 0.442. The molecular formula is C15H22N2O3. The summed E-state index contributed by atoms with van der Waals surface area (Å²) in [6.45, 7) is 12.1. The molecule has 2 atom stereocenters. The Morgan fingerprint density at radius 1 is 1.45 bits per heavy atom. The number of carbonyl (C=O) groups excluding carboxylic acids is 1. The van der Waals surface area contributed by atoms with Crippen LogP contribution in [-0.4, -0.2) is 35.3 Å². The van der Waals surface area contributed by atoms with Gasteiger partial charge in [-0.15, -0.1) is 0 Å². The maximum Gasteiger partial charge on any atom is 0.253 e. The van der Waals surface area contributed by atoms with E-state index in [1.807, 2.05) is 37.8 Å². The largest absolute Gasteiger partial charge is 0.373 e. The monoisotopic (exact) mass is 278 g/mol. The summed E-state index contributed by atoms with van der Waals surface area (Å²) in [6, 6.07) is 0. The van der Waals surface area contributed by atoms with Gasteiger partial charge in [0.25, 0.3) is 5.91 Å². The van der Waals surface area contributed by atoms with E-state index >= 15 is 0 Å². The van der Waals surface area contributed by atoms with Gasteiger partial charge in [0, 0.05) is 11.8 Å². The van der Waals surface area contributed by atoms with Crippen molar-refractivity contribution < 1.29 is 14.3 Å². The summed E-state index contributed by atoms with van der Waals surface area (Å²) >= 11 is 0. The molecule has 1 N–H and O–H groups in total. The molecule has 0 aromatic heterocycles. The van der Waals surface area contributed by atoms with Crippen molar-refractivity contribution >= 4 is 5.91 Å². The number of nitrogens with one attached hydrogen (secondary N) is 1. The van der Waals surface area contributed by atoms with Crippen molar-refractivity contribution in [1.29, 1.82) is 0 Å². The Balaban J connectivity index is 1.95. The van der Waals surface area contributed by atoms with Gasteiger partial charge >= 0.3 is 0 Å². The number of ether oxygens (including phenoxy) is 2. The van der Waals surface area contributed by atoms with E-state index in [0.29, 0.717) is 18.0 Å². The number of hydrogen-bond acceptors (Lipinski definition) is 4. The molecule has 0 radical (unpaired) electrons. The fraction of sp³-hybridized carbons (Fsp3) is 0.533. The standard InChI is InChI=1S/C15H22N2O3/c1-10-8-17(11(2)16-14(10)18)13-7-6-12(20-13)9-19-15(3,4)5/h6-8,12-13H,2,9H2,1,3-5H3,(H,16,18)/t12-,13+/m0/s1. The van der Waals surface area contributed by atoms with E-state index in [0.717, 1.165) is 0 Å². The van der Waals surface area contributed by atoms with Crippen molar-refractivity contribution in [3.8, 4) is 0 Å². The highest BCUT2D eigenvalue weighted by atomic mass is 16.6. The van der Waals surface area contributed by atoms with Gasteiger partial charge in [-0.1, -0.05) is 12.7 Å². The van der Waals surface area contributed by atoms with E-state index in [1.54, 1.807) is 13.1 Å². The maximum atomic E-state index is 11.5. The minimum absolute atomic E-state index is 0.0849. The Labute approximate surface area is 119 Å². The first-order valence-electron chi connectivity index (χ1n) is 6.71. The van der Waals surface area contributed by atoms with Crippen LogP contribution in [0.2, 0.25) is 0 Å². The molecule has 2 aliphatic rings. The Morgan fingerprint density at radius 2 is 2.15 bits per heavy atom. The summed E-state index contributed by atoms with van der Waals surface area (Å²) in [4.78, 5) is 13.3. The molecule has 0 saturated carbocycles. The van der Waals surface area contributed by atoms with E-state index in [2.05, 4.69) is 11.9 Å². The summed E-state index contributed by atoms with van der Waals surface area (Å²) in [6.07, 6.45) is 5.33. The van der Waals surface area contributed by atoms with Gasteiger partial charge < -0.3 is 19.7 Å². The summed E-state index contributed by atoms with van der Waals surface area (Å²) in [5.74, 6) is 0.397. The number of hydrogen-bond donors (Lipinski definition) is 1. The van der Waals surface area contributed by atoms with Crippen LogP contribution in [0.5, 0.6) is 0 Å². The van der Waals surface area contributed by atoms with Crippen LogP contribution < -0.4 is 5.32 Å². The highest BCUT2D eigenvalue weighted by Gasteiger charge is 2.29. The average molecular weight is 278 g/mol. The molecule has 0 aromatic carbocycles. The molecule has 2 aliphatic heterocycles. The van der Waals surface area contributed by atoms with E-state index in [9.17, 15) is 4.79 Å². The molecular weight excluding hydrogens is 256 g/mol. The van der Waals surface area contributed by atoms with Gasteiger partial charge in [0.05, 0.1) is 12.2 Å². The molecule has 20 heavy (non-hydrogen) atoms. The zero-order chi connectivity index (χ0) is 14.9. The number of carbonyl (C=O) groups is 1. The predicted octanol–water partition coefficient (Wildman–Crippen LogP) is 1.89. The molecule has 5 heteroatoms. The van der Waals surface area contributed by atoms with Gasteiger partial charge in [0.15, 0.2) is 6.23 Å². The fourth-order valence-corrected chi connectivity index (χ4v) is 1.94. The first kappa shape index (κ1) is 14.8. The van der Waals surface area contributed by atoms with Crippen molar-refractivity contribution in [3.63, 3.8) is 0 Å². The van der Waals surface area contributed by atoms with Gasteiger partial charge in [-0.25, -0.2) is 0 Å². The lowest BCUT2D eigenvalue weighted by molar-refractivity contribution is -0.119. The number of rotatable bonds is 3. The van der Waals surface area contributed by atoms with E-state index in [4.69, 9.17) is 9.47 Å². The second-order valence-electron chi connectivity index (χ2n) is 5.99. The first-order valence-corrected chi connectivity index (χ1v) is 6.71. The normalized spacial score (nSPS) is 26.8. The smallest absolute Gasteiger partial charge is 0.253 e. The van der Waals surface area contributed by atoms with E-state index in [1.165, 1.54) is 0 Å². The molecule has 0 fully saturated rings. The molecule has 0 aromatic rings. The molecule has 0 bridgehead atoms. The SMILES string of the molecule is C=C1NC(=O)C(C)=CN1[C@H]1C=C[C@@H](COC(C)(C)C)O1. The van der Waals surface area contributed by atoms with E-state index < -0.39 is 0 Å². The van der Waals surface area contributed by atoms with Gasteiger partial charge in [-0.3, -0.25) is 4.79 Å². The molecule has 0 aliphatic carbocycles. The van der Waals surface area contributed by atoms with Crippen LogP contribution in [0.25, 0.3) is 0 Å². The molecule has 5 nitrogen and oxygen atoms in total. The second-order valence-corrected chi connectivity index (χ2v) is 5.99. The average Bonchev–Trinajstić information content (AvgIpc) is 2.79. The maximum absolute atomic E-state index is 11.5. The zero-order valence-corrected chi connectivity index (χ0v) is 12.5. The van der Waals surface area contributed by atoms with Gasteiger partial charge in [-0.2, -0.15) is 0 Å². The molecule has 0 saturated heterocycles. The topological polar surface area (TPSA) is 50.8 Å². The van der Waals surface area contributed by atoms with Crippen molar-refractivity contribution in [2.45, 2.75) is 45.6 Å². The van der Waals surface area contributed by atoms with Crippen LogP contribution in [0.1, 0.15) is 27.7 Å². The Hall–Kier alpha value is -1.59. The number of nitrogens with zero attached hydrogens (tertiary/aromatic N) is 1. The van der Waals surface area contributed by atoms with Crippen LogP contribution in [0.3, 0.4) is 0 Å². The van der Waals surface area contributed by atoms with Gasteiger partial charge in [0.1, 0.15) is 11.9 Å². The first-order chi connectivity index (χ1) is 9.26. The second kappa shape index (κ2) is 5.42. The third-order valence-corrected chi connectivity index (χ3v) is 3.02. The minimum Gasteiger partial charge on any atom is -0.373 e. The van der Waals surface area contributed by atoms with Crippen molar-refractivity contribution in [3.05, 3.63) is 36.3 Å². The molecule has 2 rings (SSSR count). The van der Waals surface area contributed by atoms with Gasteiger partial charge in [-0.05, 0) is 33.8 Å². The van der Waals surface area contributed by atoms with Crippen LogP contribution in [0.4, 0.5) is 0 Å². The van der Waals surface area contributed by atoms with Crippen LogP contribution in [0, 0.1) is 0 Å². The Bertz CT molecular complexity index is 474. The van der Waals surface area contributed by atoms with E-state index in [-0.39, 0.29) is 23.8 Å². The van der Waals surface area contributed by atoms with Gasteiger partial charge in [0.2, 0.25) is 0 Å². The fourth-order valence-electron chi connectivity index (χ4n) is 1.94. The summed E-state index contributed by atoms with van der Waals surface area (Å²) in [7, 11) is 0. The lowest BCUT2D eigenvalue weighted by Crippen LogP contribution is -2.42. The zero-order valence-electron chi connectivity index (χ0n) is 12.5. The highest BCUT2D eigenvalue weighted by Crippen LogP contribution is 2.23. The number of amides is 1. The lowest BCUT2D eigenvalue weighted by atomic mass is 10.2. The van der Waals surface area contributed by atoms with Crippen LogP contribution in [0.15, 0.2) is 36.3 Å². The summed E-state index contributed by atoms with van der Waals surface area (Å²) < 4.78 is 11.6. The quantitative estimate of drug-likeness (QED) is 0.801. The van der Waals surface area contributed by atoms with Crippen molar-refractivity contribution in [1.82, 2.24) is 10.2 Å². The molecule has 0 spiro atoms. The van der Waals surface area contributed by atoms with Crippen LogP contribution >= 0.6 is 0 Å². The third kappa shape index (κ3) is 3.49. The third-order valence-electron chi connectivity index (χ3n) is 3.02. The summed E-state index contributed by atoms with van der Waals surface area (Å²) in [5, 5.41) is 2.71. The Morgan fingerprint density at radius 3 is 2.80 bits per heavy atom.